The minimum atomic E-state index is 0. The third-order valence-corrected chi connectivity index (χ3v) is 4.46. The Kier molecular flexibility index (Phi) is 8.13. The van der Waals surface area contributed by atoms with Crippen molar-refractivity contribution in [2.45, 2.75) is 58.4 Å². The molecule has 1 unspecified atom stereocenters. The van der Waals surface area contributed by atoms with Gasteiger partial charge in [-0.2, -0.15) is 0 Å². The molecule has 0 saturated heterocycles. The molecule has 1 aliphatic carbocycles. The molecule has 2 nitrogen and oxygen atoms in total. The van der Waals surface area contributed by atoms with E-state index in [1.54, 1.807) is 7.11 Å². The van der Waals surface area contributed by atoms with Crippen LogP contribution in [0.4, 0.5) is 0 Å². The molecule has 1 aliphatic rings. The van der Waals surface area contributed by atoms with Crippen LogP contribution in [-0.2, 0) is 12.8 Å². The molecule has 1 atom stereocenters. The van der Waals surface area contributed by atoms with E-state index in [1.165, 1.54) is 56.3 Å². The summed E-state index contributed by atoms with van der Waals surface area (Å²) in [4.78, 5) is 2.71. The summed E-state index contributed by atoms with van der Waals surface area (Å²) in [5.74, 6) is 1.08. The average Bonchev–Trinajstić information content (AvgIpc) is 2.50. The molecule has 0 bridgehead atoms. The number of ether oxygens (including phenoxy) is 1. The number of hydrogen-bond donors (Lipinski definition) is 0. The van der Waals surface area contributed by atoms with Gasteiger partial charge in [-0.05, 0) is 62.4 Å². The molecule has 3 heteroatoms. The first-order valence-electron chi connectivity index (χ1n) is 8.18. The fraction of sp³-hybridized carbons (Fsp3) is 0.667. The van der Waals surface area contributed by atoms with Crippen LogP contribution in [0.25, 0.3) is 0 Å². The highest BCUT2D eigenvalue weighted by molar-refractivity contribution is 5.85. The molecule has 1 aromatic carbocycles. The fourth-order valence-corrected chi connectivity index (χ4v) is 3.38. The molecule has 0 heterocycles. The summed E-state index contributed by atoms with van der Waals surface area (Å²) < 4.78 is 5.51. The number of benzene rings is 1. The molecule has 2 rings (SSSR count). The van der Waals surface area contributed by atoms with Crippen LogP contribution in [0.1, 0.15) is 50.7 Å². The smallest absolute Gasteiger partial charge is 0.122 e. The van der Waals surface area contributed by atoms with Crippen LogP contribution in [0, 0.1) is 0 Å². The van der Waals surface area contributed by atoms with E-state index in [2.05, 4.69) is 36.9 Å². The Labute approximate surface area is 136 Å². The predicted octanol–water partition coefficient (Wildman–Crippen LogP) is 4.49. The molecule has 0 amide bonds. The van der Waals surface area contributed by atoms with Crippen LogP contribution < -0.4 is 4.74 Å². The van der Waals surface area contributed by atoms with E-state index in [4.69, 9.17) is 4.74 Å². The van der Waals surface area contributed by atoms with Gasteiger partial charge in [0.25, 0.3) is 0 Å². The number of hydrogen-bond acceptors (Lipinski definition) is 2. The molecular weight excluding hydrogens is 282 g/mol. The lowest BCUT2D eigenvalue weighted by Crippen LogP contribution is -2.40. The van der Waals surface area contributed by atoms with E-state index in [9.17, 15) is 0 Å². The van der Waals surface area contributed by atoms with Crippen molar-refractivity contribution >= 4 is 12.4 Å². The van der Waals surface area contributed by atoms with Gasteiger partial charge in [-0.25, -0.2) is 0 Å². The lowest BCUT2D eigenvalue weighted by atomic mass is 9.86. The molecule has 0 saturated carbocycles. The summed E-state index contributed by atoms with van der Waals surface area (Å²) in [7, 11) is 1.78. The molecule has 0 N–H and O–H groups in total. The zero-order valence-corrected chi connectivity index (χ0v) is 14.5. The van der Waals surface area contributed by atoms with Crippen LogP contribution in [0.5, 0.6) is 5.75 Å². The third kappa shape index (κ3) is 4.62. The van der Waals surface area contributed by atoms with Crippen LogP contribution in [0.2, 0.25) is 0 Å². The Hall–Kier alpha value is -0.730. The number of halogens is 1. The largest absolute Gasteiger partial charge is 0.496 e. The van der Waals surface area contributed by atoms with E-state index >= 15 is 0 Å². The van der Waals surface area contributed by atoms with E-state index in [0.29, 0.717) is 0 Å². The molecule has 0 spiro atoms. The quantitative estimate of drug-likeness (QED) is 0.736. The van der Waals surface area contributed by atoms with Crippen LogP contribution in [0.3, 0.4) is 0 Å². The first-order chi connectivity index (χ1) is 9.80. The standard InChI is InChI=1S/C18H29NO.ClH/c1-4-6-13-19(12-5-2)16-10-11-17-15(14-16)8-7-9-18(17)20-3;/h7-9,16H,4-6,10-14H2,1-3H3;1H. The number of fused-ring (bicyclic) bond motifs is 1. The summed E-state index contributed by atoms with van der Waals surface area (Å²) in [5.41, 5.74) is 2.94. The Balaban J connectivity index is 0.00000220. The molecule has 0 aliphatic heterocycles. The Morgan fingerprint density at radius 2 is 2.00 bits per heavy atom. The lowest BCUT2D eigenvalue weighted by Gasteiger charge is -2.35. The van der Waals surface area contributed by atoms with Crippen LogP contribution in [0.15, 0.2) is 18.2 Å². The topological polar surface area (TPSA) is 12.5 Å². The minimum Gasteiger partial charge on any atom is -0.496 e. The van der Waals surface area contributed by atoms with Crippen molar-refractivity contribution in [3.8, 4) is 5.75 Å². The lowest BCUT2D eigenvalue weighted by molar-refractivity contribution is 0.176. The van der Waals surface area contributed by atoms with Gasteiger partial charge in [0.1, 0.15) is 5.75 Å². The van der Waals surface area contributed by atoms with Gasteiger partial charge in [0.05, 0.1) is 7.11 Å². The summed E-state index contributed by atoms with van der Waals surface area (Å²) in [6.45, 7) is 7.07. The zero-order chi connectivity index (χ0) is 14.4. The fourth-order valence-electron chi connectivity index (χ4n) is 3.38. The summed E-state index contributed by atoms with van der Waals surface area (Å²) in [5, 5.41) is 0. The normalized spacial score (nSPS) is 17.2. The maximum atomic E-state index is 5.51. The van der Waals surface area contributed by atoms with Gasteiger partial charge >= 0.3 is 0 Å². The predicted molar refractivity (Wildman–Crippen MR) is 92.8 cm³/mol. The maximum Gasteiger partial charge on any atom is 0.122 e. The Morgan fingerprint density at radius 3 is 2.67 bits per heavy atom. The van der Waals surface area contributed by atoms with Crippen molar-refractivity contribution in [2.24, 2.45) is 0 Å². The van der Waals surface area contributed by atoms with E-state index in [-0.39, 0.29) is 12.4 Å². The van der Waals surface area contributed by atoms with Gasteiger partial charge in [-0.3, -0.25) is 0 Å². The molecule has 0 aromatic heterocycles. The van der Waals surface area contributed by atoms with Gasteiger partial charge in [0.15, 0.2) is 0 Å². The second-order valence-corrected chi connectivity index (χ2v) is 5.88. The summed E-state index contributed by atoms with van der Waals surface area (Å²) in [6, 6.07) is 7.24. The average molecular weight is 312 g/mol. The number of nitrogens with zero attached hydrogens (tertiary/aromatic N) is 1. The second kappa shape index (κ2) is 9.32. The van der Waals surface area contributed by atoms with Crippen molar-refractivity contribution in [1.82, 2.24) is 4.90 Å². The van der Waals surface area contributed by atoms with Crippen LogP contribution >= 0.6 is 12.4 Å². The molecule has 0 radical (unpaired) electrons. The van der Waals surface area contributed by atoms with Crippen molar-refractivity contribution in [1.29, 1.82) is 0 Å². The van der Waals surface area contributed by atoms with Gasteiger partial charge in [-0.15, -0.1) is 12.4 Å². The number of rotatable bonds is 7. The molecular formula is C18H30ClNO. The number of methoxy groups -OCH3 is 1. The first kappa shape index (κ1) is 18.3. The van der Waals surface area contributed by atoms with Crippen molar-refractivity contribution in [2.75, 3.05) is 20.2 Å². The molecule has 120 valence electrons. The minimum absolute atomic E-state index is 0. The monoisotopic (exact) mass is 311 g/mol. The second-order valence-electron chi connectivity index (χ2n) is 5.88. The number of unbranched alkanes of at least 4 members (excludes halogenated alkanes) is 1. The highest BCUT2D eigenvalue weighted by Crippen LogP contribution is 2.31. The first-order valence-corrected chi connectivity index (χ1v) is 8.18. The Bertz CT molecular complexity index is 422. The van der Waals surface area contributed by atoms with Gasteiger partial charge in [-0.1, -0.05) is 32.4 Å². The molecule has 1 aromatic rings. The van der Waals surface area contributed by atoms with Gasteiger partial charge in [0, 0.05) is 6.04 Å². The van der Waals surface area contributed by atoms with E-state index < -0.39 is 0 Å². The molecule has 0 fully saturated rings. The third-order valence-electron chi connectivity index (χ3n) is 4.46. The summed E-state index contributed by atoms with van der Waals surface area (Å²) in [6.07, 6.45) is 7.49. The van der Waals surface area contributed by atoms with Crippen LogP contribution in [-0.4, -0.2) is 31.1 Å². The zero-order valence-electron chi connectivity index (χ0n) is 13.7. The highest BCUT2D eigenvalue weighted by Gasteiger charge is 2.25. The van der Waals surface area contributed by atoms with Crippen molar-refractivity contribution in [3.05, 3.63) is 29.3 Å². The van der Waals surface area contributed by atoms with E-state index in [0.717, 1.165) is 18.2 Å². The Morgan fingerprint density at radius 1 is 1.19 bits per heavy atom. The highest BCUT2D eigenvalue weighted by atomic mass is 35.5. The van der Waals surface area contributed by atoms with Crippen molar-refractivity contribution in [3.63, 3.8) is 0 Å². The molecule has 21 heavy (non-hydrogen) atoms. The van der Waals surface area contributed by atoms with Crippen molar-refractivity contribution < 1.29 is 4.74 Å². The van der Waals surface area contributed by atoms with E-state index in [1.807, 2.05) is 0 Å². The maximum absolute atomic E-state index is 5.51. The van der Waals surface area contributed by atoms with Gasteiger partial charge < -0.3 is 9.64 Å². The van der Waals surface area contributed by atoms with Gasteiger partial charge in [0.2, 0.25) is 0 Å². The summed E-state index contributed by atoms with van der Waals surface area (Å²) >= 11 is 0. The SMILES string of the molecule is CCCCN(CCC)C1CCc2c(cccc2OC)C1.Cl.